The molecule has 1 N–H and O–H groups in total. The Hall–Kier alpha value is -1.18. The van der Waals surface area contributed by atoms with Gasteiger partial charge in [-0.3, -0.25) is 14.3 Å². The lowest BCUT2D eigenvalue weighted by molar-refractivity contribution is -0.0119. The molecule has 0 amide bonds. The van der Waals surface area contributed by atoms with Crippen LogP contribution in [0.15, 0.2) is 15.8 Å². The number of aromatic nitrogens is 2. The van der Waals surface area contributed by atoms with Gasteiger partial charge in [0.2, 0.25) is 0 Å². The molecule has 0 saturated heterocycles. The van der Waals surface area contributed by atoms with Crippen molar-refractivity contribution in [1.29, 1.82) is 0 Å². The fourth-order valence-electron chi connectivity index (χ4n) is 1.51. The molecule has 22 heavy (non-hydrogen) atoms. The zero-order chi connectivity index (χ0) is 17.1. The van der Waals surface area contributed by atoms with Gasteiger partial charge in [-0.05, 0) is 32.0 Å². The molecule has 1 unspecified atom stereocenters. The second kappa shape index (κ2) is 6.93. The first-order valence-corrected chi connectivity index (χ1v) is 10.4. The maximum Gasteiger partial charge on any atom is 0.330 e. The van der Waals surface area contributed by atoms with E-state index in [1.165, 1.54) is 10.8 Å². The molecule has 1 heterocycles. The molecule has 0 aliphatic carbocycles. The van der Waals surface area contributed by atoms with Crippen molar-refractivity contribution in [3.63, 3.8) is 0 Å². The minimum atomic E-state index is -1.80. The lowest BCUT2D eigenvalue weighted by atomic mass is 10.2. The fraction of sp³-hybridized carbons (Fsp3) is 0.733. The summed E-state index contributed by atoms with van der Waals surface area (Å²) in [5.74, 6) is 0. The van der Waals surface area contributed by atoms with Crippen molar-refractivity contribution in [2.24, 2.45) is 0 Å². The van der Waals surface area contributed by atoms with Gasteiger partial charge in [-0.1, -0.05) is 20.8 Å². The number of rotatable bonds is 6. The summed E-state index contributed by atoms with van der Waals surface area (Å²) in [5, 5.41) is 0.152. The Morgan fingerprint density at radius 1 is 1.32 bits per heavy atom. The topological polar surface area (TPSA) is 73.3 Å². The quantitative estimate of drug-likeness (QED) is 0.813. The highest BCUT2D eigenvalue weighted by Crippen LogP contribution is 2.36. The first-order valence-electron chi connectivity index (χ1n) is 7.50. The van der Waals surface area contributed by atoms with Gasteiger partial charge in [0.25, 0.3) is 5.56 Å². The molecular weight excluding hydrogens is 300 g/mol. The highest BCUT2D eigenvalue weighted by atomic mass is 28.4. The fourth-order valence-corrected chi connectivity index (χ4v) is 2.60. The van der Waals surface area contributed by atoms with Gasteiger partial charge in [-0.2, -0.15) is 0 Å². The van der Waals surface area contributed by atoms with E-state index in [4.69, 9.17) is 9.16 Å². The van der Waals surface area contributed by atoms with Crippen LogP contribution in [0.4, 0.5) is 0 Å². The summed E-state index contributed by atoms with van der Waals surface area (Å²) in [4.78, 5) is 25.2. The lowest BCUT2D eigenvalue weighted by Gasteiger charge is -2.36. The molecule has 126 valence electrons. The molecule has 0 aliphatic heterocycles. The highest BCUT2D eigenvalue weighted by Gasteiger charge is 2.37. The molecule has 0 bridgehead atoms. The van der Waals surface area contributed by atoms with Gasteiger partial charge in [-0.15, -0.1) is 0 Å². The number of H-pyrrole nitrogens is 1. The van der Waals surface area contributed by atoms with Crippen molar-refractivity contribution in [3.8, 4) is 0 Å². The van der Waals surface area contributed by atoms with Gasteiger partial charge in [0.1, 0.15) is 6.73 Å². The maximum absolute atomic E-state index is 11.7. The van der Waals surface area contributed by atoms with Crippen LogP contribution in [-0.2, 0) is 15.9 Å². The van der Waals surface area contributed by atoms with Gasteiger partial charge in [-0.25, -0.2) is 4.79 Å². The largest absolute Gasteiger partial charge is 0.414 e. The van der Waals surface area contributed by atoms with Crippen LogP contribution in [0, 0.1) is 6.92 Å². The molecule has 1 rings (SSSR count). The Morgan fingerprint density at radius 3 is 2.45 bits per heavy atom. The molecule has 0 radical (unpaired) electrons. The Labute approximate surface area is 132 Å². The number of aromatic amines is 1. The third kappa shape index (κ3) is 4.93. The van der Waals surface area contributed by atoms with Crippen LogP contribution in [0.25, 0.3) is 0 Å². The molecule has 0 spiro atoms. The van der Waals surface area contributed by atoms with E-state index in [1.54, 1.807) is 6.92 Å². The predicted molar refractivity (Wildman–Crippen MR) is 89.8 cm³/mol. The molecule has 0 aromatic carbocycles. The summed E-state index contributed by atoms with van der Waals surface area (Å²) < 4.78 is 13.1. The number of hydrogen-bond acceptors (Lipinski definition) is 4. The van der Waals surface area contributed by atoms with Crippen molar-refractivity contribution >= 4 is 8.32 Å². The van der Waals surface area contributed by atoms with Crippen molar-refractivity contribution in [2.75, 3.05) is 6.61 Å². The average Bonchev–Trinajstić information content (AvgIpc) is 2.38. The minimum absolute atomic E-state index is 0.0957. The standard InChI is InChI=1S/C15H28N2O4Si/c1-11-8-17(14(19)16-13(11)18)10-20-12(2)9-21-22(6,7)15(3,4)5/h8,12H,9-10H2,1-7H3,(H,16,18,19). The molecular formula is C15H28N2O4Si. The zero-order valence-electron chi connectivity index (χ0n) is 14.6. The predicted octanol–water partition coefficient (Wildman–Crippen LogP) is 2.23. The zero-order valence-corrected chi connectivity index (χ0v) is 15.6. The molecule has 1 atom stereocenters. The van der Waals surface area contributed by atoms with Crippen LogP contribution in [0.5, 0.6) is 0 Å². The molecule has 1 aromatic heterocycles. The normalized spacial score (nSPS) is 14.1. The second-order valence-corrected chi connectivity index (χ2v) is 12.0. The lowest BCUT2D eigenvalue weighted by Crippen LogP contribution is -2.42. The molecule has 6 nitrogen and oxygen atoms in total. The summed E-state index contributed by atoms with van der Waals surface area (Å²) >= 11 is 0. The van der Waals surface area contributed by atoms with Gasteiger partial charge in [0, 0.05) is 11.8 Å². The van der Waals surface area contributed by atoms with E-state index in [1.807, 2.05) is 6.92 Å². The van der Waals surface area contributed by atoms with E-state index < -0.39 is 14.0 Å². The van der Waals surface area contributed by atoms with E-state index in [0.717, 1.165) is 0 Å². The third-order valence-corrected chi connectivity index (χ3v) is 8.67. The molecule has 0 aliphatic rings. The van der Waals surface area contributed by atoms with Crippen molar-refractivity contribution < 1.29 is 9.16 Å². The van der Waals surface area contributed by atoms with Gasteiger partial charge >= 0.3 is 5.69 Å². The van der Waals surface area contributed by atoms with Gasteiger partial charge < -0.3 is 9.16 Å². The second-order valence-electron chi connectivity index (χ2n) is 7.22. The molecule has 1 aromatic rings. The van der Waals surface area contributed by atoms with E-state index in [9.17, 15) is 9.59 Å². The van der Waals surface area contributed by atoms with Gasteiger partial charge in [0.15, 0.2) is 8.32 Å². The van der Waals surface area contributed by atoms with E-state index in [0.29, 0.717) is 12.2 Å². The summed E-state index contributed by atoms with van der Waals surface area (Å²) in [6.45, 7) is 15.1. The smallest absolute Gasteiger partial charge is 0.330 e. The highest BCUT2D eigenvalue weighted by molar-refractivity contribution is 6.74. The minimum Gasteiger partial charge on any atom is -0.414 e. The number of hydrogen-bond donors (Lipinski definition) is 1. The summed E-state index contributed by atoms with van der Waals surface area (Å²) in [6.07, 6.45) is 1.37. The van der Waals surface area contributed by atoms with Crippen LogP contribution in [-0.4, -0.2) is 30.6 Å². The van der Waals surface area contributed by atoms with Crippen molar-refractivity contribution in [3.05, 3.63) is 32.6 Å². The Balaban J connectivity index is 2.58. The summed E-state index contributed by atoms with van der Waals surface area (Å²) in [5.41, 5.74) is -0.350. The monoisotopic (exact) mass is 328 g/mol. The Bertz CT molecular complexity index is 613. The number of ether oxygens (including phenoxy) is 1. The number of aryl methyl sites for hydroxylation is 1. The number of nitrogens with zero attached hydrogens (tertiary/aromatic N) is 1. The first-order chi connectivity index (χ1) is 9.94. The SMILES string of the molecule is Cc1cn(COC(C)CO[Si](C)(C)C(C)(C)C)c(=O)[nH]c1=O. The Morgan fingerprint density at radius 2 is 1.91 bits per heavy atom. The van der Waals surface area contributed by atoms with Crippen LogP contribution >= 0.6 is 0 Å². The van der Waals surface area contributed by atoms with Crippen LogP contribution < -0.4 is 11.2 Å². The van der Waals surface area contributed by atoms with Crippen LogP contribution in [0.3, 0.4) is 0 Å². The molecule has 7 heteroatoms. The van der Waals surface area contributed by atoms with Crippen LogP contribution in [0.2, 0.25) is 18.1 Å². The van der Waals surface area contributed by atoms with E-state index >= 15 is 0 Å². The summed E-state index contributed by atoms with van der Waals surface area (Å²) in [7, 11) is -1.80. The molecule has 0 saturated carbocycles. The average molecular weight is 328 g/mol. The van der Waals surface area contributed by atoms with Gasteiger partial charge in [0.05, 0.1) is 12.7 Å². The van der Waals surface area contributed by atoms with Crippen molar-refractivity contribution in [2.45, 2.75) is 65.6 Å². The summed E-state index contributed by atoms with van der Waals surface area (Å²) in [6, 6.07) is 0. The first kappa shape index (κ1) is 18.9. The molecule has 0 fully saturated rings. The third-order valence-electron chi connectivity index (χ3n) is 4.17. The van der Waals surface area contributed by atoms with Crippen molar-refractivity contribution in [1.82, 2.24) is 9.55 Å². The number of nitrogens with one attached hydrogen (secondary N) is 1. The van der Waals surface area contributed by atoms with E-state index in [-0.39, 0.29) is 23.4 Å². The van der Waals surface area contributed by atoms with Crippen LogP contribution in [0.1, 0.15) is 33.3 Å². The van der Waals surface area contributed by atoms with E-state index in [2.05, 4.69) is 38.8 Å². The maximum atomic E-state index is 11.7. The Kier molecular flexibility index (Phi) is 5.94.